The molecule has 1 rings (SSSR count). The van der Waals surface area contributed by atoms with E-state index >= 15 is 0 Å². The zero-order valence-electron chi connectivity index (χ0n) is 11.5. The lowest BCUT2D eigenvalue weighted by Gasteiger charge is -2.33. The van der Waals surface area contributed by atoms with Gasteiger partial charge in [0, 0.05) is 11.5 Å². The van der Waals surface area contributed by atoms with Gasteiger partial charge in [0.15, 0.2) is 0 Å². The first-order valence-corrected chi connectivity index (χ1v) is 6.73. The van der Waals surface area contributed by atoms with Gasteiger partial charge in [-0.05, 0) is 38.5 Å². The number of likely N-dealkylation sites (N-methyl/N-ethyl adjacent to an activating group) is 1. The van der Waals surface area contributed by atoms with E-state index in [9.17, 15) is 9.59 Å². The number of rotatable bonds is 4. The number of amides is 1. The average Bonchev–Trinajstić information content (AvgIpc) is 2.36. The third-order valence-corrected chi connectivity index (χ3v) is 3.96. The third kappa shape index (κ3) is 3.35. The Bertz CT molecular complexity index is 482. The Kier molecular flexibility index (Phi) is 4.74. The van der Waals surface area contributed by atoms with E-state index in [1.54, 1.807) is 6.92 Å². The Morgan fingerprint density at radius 1 is 1.26 bits per heavy atom. The molecule has 0 spiro atoms. The second-order valence-electron chi connectivity index (χ2n) is 5.03. The van der Waals surface area contributed by atoms with Gasteiger partial charge in [-0.3, -0.25) is 4.79 Å². The fourth-order valence-corrected chi connectivity index (χ4v) is 1.87. The number of carboxylic acid groups (broad SMARTS) is 1. The van der Waals surface area contributed by atoms with Gasteiger partial charge in [-0.1, -0.05) is 28.1 Å². The minimum absolute atomic E-state index is 0.213. The van der Waals surface area contributed by atoms with Crippen LogP contribution in [-0.4, -0.2) is 34.5 Å². The van der Waals surface area contributed by atoms with Crippen molar-refractivity contribution in [3.63, 3.8) is 0 Å². The predicted molar refractivity (Wildman–Crippen MR) is 77.0 cm³/mol. The van der Waals surface area contributed by atoms with Crippen molar-refractivity contribution in [2.24, 2.45) is 0 Å². The molecule has 0 aromatic heterocycles. The lowest BCUT2D eigenvalue weighted by atomic mass is 9.96. The average molecular weight is 328 g/mol. The highest BCUT2D eigenvalue weighted by Crippen LogP contribution is 2.23. The summed E-state index contributed by atoms with van der Waals surface area (Å²) in [6, 6.07) is 7.44. The molecule has 0 bridgehead atoms. The minimum Gasteiger partial charge on any atom is -0.480 e. The molecule has 1 amide bonds. The second kappa shape index (κ2) is 5.74. The van der Waals surface area contributed by atoms with E-state index in [1.807, 2.05) is 24.3 Å². The van der Waals surface area contributed by atoms with Crippen LogP contribution in [0.15, 0.2) is 28.7 Å². The molecule has 1 N–H and O–H groups in total. The number of benzene rings is 1. The van der Waals surface area contributed by atoms with Crippen molar-refractivity contribution >= 4 is 27.8 Å². The van der Waals surface area contributed by atoms with Crippen molar-refractivity contribution < 1.29 is 14.7 Å². The molecule has 4 nitrogen and oxygen atoms in total. The maximum atomic E-state index is 12.3. The maximum Gasteiger partial charge on any atom is 0.329 e. The largest absolute Gasteiger partial charge is 0.480 e. The summed E-state index contributed by atoms with van der Waals surface area (Å²) in [5.41, 5.74) is -0.359. The number of aliphatic carboxylic acids is 1. The molecule has 1 unspecified atom stereocenters. The van der Waals surface area contributed by atoms with Crippen LogP contribution in [0.2, 0.25) is 0 Å². The first-order valence-electron chi connectivity index (χ1n) is 5.94. The van der Waals surface area contributed by atoms with Gasteiger partial charge in [0.2, 0.25) is 5.91 Å². The molecule has 0 aliphatic carbocycles. The van der Waals surface area contributed by atoms with Crippen LogP contribution in [0.3, 0.4) is 0 Å². The molecular formula is C14H18BrNO3. The summed E-state index contributed by atoms with van der Waals surface area (Å²) in [5.74, 6) is -1.61. The Morgan fingerprint density at radius 3 is 2.16 bits per heavy atom. The Hall–Kier alpha value is -1.36. The van der Waals surface area contributed by atoms with Gasteiger partial charge in [-0.25, -0.2) is 4.79 Å². The van der Waals surface area contributed by atoms with E-state index < -0.39 is 11.5 Å². The summed E-state index contributed by atoms with van der Waals surface area (Å²) in [4.78, 5) is 24.8. The highest BCUT2D eigenvalue weighted by molar-refractivity contribution is 9.10. The normalized spacial score (nSPS) is 12.9. The molecule has 0 saturated carbocycles. The van der Waals surface area contributed by atoms with E-state index in [1.165, 1.54) is 25.8 Å². The summed E-state index contributed by atoms with van der Waals surface area (Å²) in [5, 5.41) is 9.15. The lowest BCUT2D eigenvalue weighted by molar-refractivity contribution is -0.155. The summed E-state index contributed by atoms with van der Waals surface area (Å²) < 4.78 is 0.940. The Labute approximate surface area is 121 Å². The molecule has 5 heteroatoms. The number of carbonyl (C=O) groups is 2. The number of hydrogen-bond acceptors (Lipinski definition) is 2. The van der Waals surface area contributed by atoms with Gasteiger partial charge in [0.25, 0.3) is 0 Å². The van der Waals surface area contributed by atoms with Crippen LogP contribution >= 0.6 is 15.9 Å². The molecule has 0 aliphatic rings. The summed E-state index contributed by atoms with van der Waals surface area (Å²) in [6.45, 7) is 4.81. The second-order valence-corrected chi connectivity index (χ2v) is 5.95. The van der Waals surface area contributed by atoms with Crippen LogP contribution in [0.4, 0.5) is 0 Å². The highest BCUT2D eigenvalue weighted by atomic mass is 79.9. The molecular weight excluding hydrogens is 310 g/mol. The quantitative estimate of drug-likeness (QED) is 0.925. The van der Waals surface area contributed by atoms with E-state index in [-0.39, 0.29) is 11.8 Å². The predicted octanol–water partition coefficient (Wildman–Crippen LogP) is 2.87. The third-order valence-electron chi connectivity index (χ3n) is 3.43. The maximum absolute atomic E-state index is 12.3. The molecule has 1 aromatic carbocycles. The Balaban J connectivity index is 2.94. The molecule has 104 valence electrons. The number of nitrogens with zero attached hydrogens (tertiary/aromatic N) is 1. The molecule has 0 radical (unpaired) electrons. The van der Waals surface area contributed by atoms with E-state index in [4.69, 9.17) is 5.11 Å². The van der Waals surface area contributed by atoms with Crippen LogP contribution in [0, 0.1) is 0 Å². The molecule has 0 heterocycles. The SMILES string of the molecule is CC(C(=O)N(C)C(C)(C)C(=O)O)c1ccc(Br)cc1. The number of hydrogen-bond donors (Lipinski definition) is 1. The number of carboxylic acids is 1. The van der Waals surface area contributed by atoms with Crippen LogP contribution in [0.1, 0.15) is 32.3 Å². The summed E-state index contributed by atoms with van der Waals surface area (Å²) >= 11 is 3.34. The van der Waals surface area contributed by atoms with Crippen LogP contribution in [0.5, 0.6) is 0 Å². The highest BCUT2D eigenvalue weighted by Gasteiger charge is 2.36. The van der Waals surface area contributed by atoms with Crippen molar-refractivity contribution in [2.45, 2.75) is 32.2 Å². The zero-order chi connectivity index (χ0) is 14.8. The monoisotopic (exact) mass is 327 g/mol. The molecule has 0 saturated heterocycles. The first kappa shape index (κ1) is 15.7. The van der Waals surface area contributed by atoms with Gasteiger partial charge in [-0.2, -0.15) is 0 Å². The molecule has 0 aliphatic heterocycles. The summed E-state index contributed by atoms with van der Waals surface area (Å²) in [6.07, 6.45) is 0. The van der Waals surface area contributed by atoms with Gasteiger partial charge in [0.05, 0.1) is 5.92 Å². The van der Waals surface area contributed by atoms with Gasteiger partial charge < -0.3 is 10.0 Å². The molecule has 1 atom stereocenters. The lowest BCUT2D eigenvalue weighted by Crippen LogP contribution is -2.51. The molecule has 1 aromatic rings. The van der Waals surface area contributed by atoms with E-state index in [0.29, 0.717) is 0 Å². The fraction of sp³-hybridized carbons (Fsp3) is 0.429. The molecule has 19 heavy (non-hydrogen) atoms. The topological polar surface area (TPSA) is 57.6 Å². The van der Waals surface area contributed by atoms with Crippen molar-refractivity contribution in [3.05, 3.63) is 34.3 Å². The van der Waals surface area contributed by atoms with Crippen LogP contribution in [0.25, 0.3) is 0 Å². The smallest absolute Gasteiger partial charge is 0.329 e. The summed E-state index contributed by atoms with van der Waals surface area (Å²) in [7, 11) is 1.52. The van der Waals surface area contributed by atoms with Crippen molar-refractivity contribution in [3.8, 4) is 0 Å². The van der Waals surface area contributed by atoms with Gasteiger partial charge in [0.1, 0.15) is 5.54 Å². The minimum atomic E-state index is -1.22. The van der Waals surface area contributed by atoms with E-state index in [2.05, 4.69) is 15.9 Å². The van der Waals surface area contributed by atoms with Gasteiger partial charge >= 0.3 is 5.97 Å². The van der Waals surface area contributed by atoms with Crippen LogP contribution < -0.4 is 0 Å². The Morgan fingerprint density at radius 2 is 1.74 bits per heavy atom. The van der Waals surface area contributed by atoms with Crippen molar-refractivity contribution in [1.82, 2.24) is 4.90 Å². The first-order chi connectivity index (χ1) is 8.67. The molecule has 0 fully saturated rings. The van der Waals surface area contributed by atoms with Crippen LogP contribution in [-0.2, 0) is 9.59 Å². The standard InChI is InChI=1S/C14H18BrNO3/c1-9(10-5-7-11(15)8-6-10)12(17)16(4)14(2,3)13(18)19/h5-9H,1-4H3,(H,18,19). The number of halogens is 1. The fourth-order valence-electron chi connectivity index (χ4n) is 1.60. The van der Waals surface area contributed by atoms with Crippen molar-refractivity contribution in [2.75, 3.05) is 7.05 Å². The number of carbonyl (C=O) groups excluding carboxylic acids is 1. The van der Waals surface area contributed by atoms with E-state index in [0.717, 1.165) is 10.0 Å². The zero-order valence-corrected chi connectivity index (χ0v) is 13.1. The van der Waals surface area contributed by atoms with Crippen molar-refractivity contribution in [1.29, 1.82) is 0 Å². The van der Waals surface area contributed by atoms with Gasteiger partial charge in [-0.15, -0.1) is 0 Å².